The number of aromatic nitrogens is 3. The fourth-order valence-corrected chi connectivity index (χ4v) is 4.55. The van der Waals surface area contributed by atoms with Gasteiger partial charge in [-0.15, -0.1) is 0 Å². The van der Waals surface area contributed by atoms with Crippen molar-refractivity contribution in [1.82, 2.24) is 14.5 Å². The molecule has 0 radical (unpaired) electrons. The van der Waals surface area contributed by atoms with Crippen LogP contribution in [0.1, 0.15) is 17.2 Å². The Morgan fingerprint density at radius 2 is 1.91 bits per heavy atom. The summed E-state index contributed by atoms with van der Waals surface area (Å²) in [5, 5.41) is 1.60. The maximum Gasteiger partial charge on any atom is 0.262 e. The van der Waals surface area contributed by atoms with Crippen molar-refractivity contribution in [2.24, 2.45) is 0 Å². The molecular formula is C24H18ClN3O3S. The fourth-order valence-electron chi connectivity index (χ4n) is 3.38. The minimum Gasteiger partial charge on any atom is -0.467 e. The highest BCUT2D eigenvalue weighted by Crippen LogP contribution is 2.28. The molecule has 0 bridgehead atoms. The van der Waals surface area contributed by atoms with Crippen molar-refractivity contribution in [2.75, 3.05) is 0 Å². The van der Waals surface area contributed by atoms with Gasteiger partial charge in [-0.3, -0.25) is 9.36 Å². The largest absolute Gasteiger partial charge is 0.467 e. The van der Waals surface area contributed by atoms with E-state index >= 15 is 0 Å². The molecule has 160 valence electrons. The molecule has 0 fully saturated rings. The van der Waals surface area contributed by atoms with Crippen LogP contribution in [0.2, 0.25) is 5.02 Å². The third-order valence-electron chi connectivity index (χ3n) is 5.03. The lowest BCUT2D eigenvalue weighted by atomic mass is 10.2. The first kappa shape index (κ1) is 20.6. The summed E-state index contributed by atoms with van der Waals surface area (Å²) in [6.07, 6.45) is 1.59. The topological polar surface area (TPSA) is 74.1 Å². The van der Waals surface area contributed by atoms with Crippen LogP contribution in [0.4, 0.5) is 0 Å². The molecule has 3 aromatic heterocycles. The number of fused-ring (bicyclic) bond motifs is 1. The lowest BCUT2D eigenvalue weighted by Crippen LogP contribution is -2.23. The van der Waals surface area contributed by atoms with E-state index in [4.69, 9.17) is 25.4 Å². The molecule has 6 nitrogen and oxygen atoms in total. The van der Waals surface area contributed by atoms with Crippen LogP contribution < -0.4 is 5.56 Å². The van der Waals surface area contributed by atoms with E-state index in [9.17, 15) is 4.79 Å². The minimum atomic E-state index is -0.146. The molecule has 5 aromatic rings. The molecule has 5 rings (SSSR count). The first-order chi connectivity index (χ1) is 15.6. The van der Waals surface area contributed by atoms with Crippen molar-refractivity contribution in [2.45, 2.75) is 24.4 Å². The maximum absolute atomic E-state index is 13.2. The molecule has 0 saturated heterocycles. The molecule has 0 spiro atoms. The Morgan fingerprint density at radius 1 is 1.06 bits per heavy atom. The van der Waals surface area contributed by atoms with E-state index < -0.39 is 0 Å². The molecule has 8 heteroatoms. The smallest absolute Gasteiger partial charge is 0.262 e. The zero-order valence-corrected chi connectivity index (χ0v) is 18.7. The molecular weight excluding hydrogens is 446 g/mol. The molecule has 32 heavy (non-hydrogen) atoms. The van der Waals surface area contributed by atoms with E-state index in [1.165, 1.54) is 11.8 Å². The van der Waals surface area contributed by atoms with E-state index in [0.29, 0.717) is 38.5 Å². The lowest BCUT2D eigenvalue weighted by Gasteiger charge is -2.12. The Morgan fingerprint density at radius 3 is 2.69 bits per heavy atom. The van der Waals surface area contributed by atoms with Crippen LogP contribution in [0, 0.1) is 6.92 Å². The van der Waals surface area contributed by atoms with Gasteiger partial charge in [-0.2, -0.15) is 0 Å². The van der Waals surface area contributed by atoms with Crippen molar-refractivity contribution in [3.63, 3.8) is 0 Å². The predicted octanol–water partition coefficient (Wildman–Crippen LogP) is 5.95. The van der Waals surface area contributed by atoms with Crippen molar-refractivity contribution < 1.29 is 8.83 Å². The first-order valence-electron chi connectivity index (χ1n) is 9.95. The summed E-state index contributed by atoms with van der Waals surface area (Å²) in [6.45, 7) is 2.17. The van der Waals surface area contributed by atoms with E-state index in [2.05, 4.69) is 4.98 Å². The van der Waals surface area contributed by atoms with Gasteiger partial charge in [0.25, 0.3) is 5.56 Å². The van der Waals surface area contributed by atoms with Crippen LogP contribution in [0.3, 0.4) is 0 Å². The highest BCUT2D eigenvalue weighted by molar-refractivity contribution is 7.98. The second kappa shape index (κ2) is 8.68. The number of hydrogen-bond acceptors (Lipinski definition) is 6. The second-order valence-corrected chi connectivity index (χ2v) is 8.58. The predicted molar refractivity (Wildman–Crippen MR) is 125 cm³/mol. The number of aryl methyl sites for hydroxylation is 1. The Kier molecular flexibility index (Phi) is 5.59. The van der Waals surface area contributed by atoms with E-state index in [1.54, 1.807) is 35.1 Å². The van der Waals surface area contributed by atoms with Crippen LogP contribution in [0.5, 0.6) is 0 Å². The summed E-state index contributed by atoms with van der Waals surface area (Å²) in [5.41, 5.74) is 2.13. The summed E-state index contributed by atoms with van der Waals surface area (Å²) in [6, 6.07) is 18.5. The van der Waals surface area contributed by atoms with Crippen LogP contribution >= 0.6 is 23.4 Å². The zero-order chi connectivity index (χ0) is 22.1. The fraction of sp³-hybridized carbons (Fsp3) is 0.125. The summed E-state index contributed by atoms with van der Waals surface area (Å²) >= 11 is 7.56. The number of oxazole rings is 1. The molecule has 2 aromatic carbocycles. The lowest BCUT2D eigenvalue weighted by molar-refractivity contribution is 0.476. The van der Waals surface area contributed by atoms with Crippen LogP contribution in [-0.4, -0.2) is 14.5 Å². The SMILES string of the molecule is Cc1oc(-c2ccccc2)nc1CSc1nc2cc(Cl)ccc2c(=O)n1Cc1ccco1. The average molecular weight is 464 g/mol. The third kappa shape index (κ3) is 4.09. The van der Waals surface area contributed by atoms with Gasteiger partial charge in [0.15, 0.2) is 5.16 Å². The van der Waals surface area contributed by atoms with Crippen LogP contribution in [0.25, 0.3) is 22.4 Å². The van der Waals surface area contributed by atoms with Crippen molar-refractivity contribution in [3.8, 4) is 11.5 Å². The highest BCUT2D eigenvalue weighted by Gasteiger charge is 2.17. The molecule has 0 unspecified atom stereocenters. The van der Waals surface area contributed by atoms with Crippen molar-refractivity contribution >= 4 is 34.3 Å². The number of halogens is 1. The molecule has 0 amide bonds. The van der Waals surface area contributed by atoms with Gasteiger partial charge in [0.05, 0.1) is 29.4 Å². The van der Waals surface area contributed by atoms with Gasteiger partial charge in [0, 0.05) is 16.3 Å². The van der Waals surface area contributed by atoms with Gasteiger partial charge in [0.2, 0.25) is 5.89 Å². The first-order valence-corrected chi connectivity index (χ1v) is 11.3. The van der Waals surface area contributed by atoms with Gasteiger partial charge in [-0.1, -0.05) is 41.6 Å². The standard InChI is InChI=1S/C24H18ClN3O3S/c1-15-21(26-22(31-15)16-6-3-2-4-7-16)14-32-24-27-20-12-17(25)9-10-19(20)23(29)28(24)13-18-8-5-11-30-18/h2-12H,13-14H2,1H3. The summed E-state index contributed by atoms with van der Waals surface area (Å²) < 4.78 is 13.0. The van der Waals surface area contributed by atoms with Crippen LogP contribution in [0.15, 0.2) is 85.7 Å². The van der Waals surface area contributed by atoms with Gasteiger partial charge in [-0.25, -0.2) is 9.97 Å². The highest BCUT2D eigenvalue weighted by atomic mass is 35.5. The van der Waals surface area contributed by atoms with E-state index in [1.807, 2.05) is 43.3 Å². The zero-order valence-electron chi connectivity index (χ0n) is 17.1. The van der Waals surface area contributed by atoms with Crippen molar-refractivity contribution in [1.29, 1.82) is 0 Å². The number of hydrogen-bond donors (Lipinski definition) is 0. The van der Waals surface area contributed by atoms with Gasteiger partial charge in [0.1, 0.15) is 11.5 Å². The molecule has 0 saturated carbocycles. The van der Waals surface area contributed by atoms with Gasteiger partial charge >= 0.3 is 0 Å². The minimum absolute atomic E-state index is 0.146. The van der Waals surface area contributed by atoms with Gasteiger partial charge < -0.3 is 8.83 Å². The number of nitrogens with zero attached hydrogens (tertiary/aromatic N) is 3. The maximum atomic E-state index is 13.2. The van der Waals surface area contributed by atoms with Crippen LogP contribution in [-0.2, 0) is 12.3 Å². The average Bonchev–Trinajstić information content (AvgIpc) is 3.44. The van der Waals surface area contributed by atoms with E-state index in [0.717, 1.165) is 17.0 Å². The summed E-state index contributed by atoms with van der Waals surface area (Å²) in [7, 11) is 0. The Labute approximate surface area is 192 Å². The summed E-state index contributed by atoms with van der Waals surface area (Å²) in [4.78, 5) is 22.6. The van der Waals surface area contributed by atoms with Gasteiger partial charge in [-0.05, 0) is 49.4 Å². The molecule has 0 atom stereocenters. The third-order valence-corrected chi connectivity index (χ3v) is 6.25. The molecule has 0 aliphatic rings. The van der Waals surface area contributed by atoms with E-state index in [-0.39, 0.29) is 12.1 Å². The second-order valence-electron chi connectivity index (χ2n) is 7.20. The number of rotatable bonds is 6. The number of thioether (sulfide) groups is 1. The number of benzene rings is 2. The summed E-state index contributed by atoms with van der Waals surface area (Å²) in [5.74, 6) is 2.48. The monoisotopic (exact) mass is 463 g/mol. The Hall–Kier alpha value is -3.29. The quantitative estimate of drug-likeness (QED) is 0.229. The van der Waals surface area contributed by atoms with Crippen molar-refractivity contribution in [3.05, 3.63) is 99.5 Å². The molecule has 0 N–H and O–H groups in total. The molecule has 0 aliphatic heterocycles. The normalized spacial score (nSPS) is 11.3. The Balaban J connectivity index is 1.51. The molecule has 0 aliphatic carbocycles. The Bertz CT molecular complexity index is 1440. The number of furan rings is 1. The molecule has 3 heterocycles.